The molecule has 1 aromatic rings. The molecule has 21 heavy (non-hydrogen) atoms. The molecule has 0 radical (unpaired) electrons. The number of pyridine rings is 1. The molecule has 1 aliphatic carbocycles. The van der Waals surface area contributed by atoms with Crippen LogP contribution < -0.4 is 5.32 Å². The first-order valence-corrected chi connectivity index (χ1v) is 8.46. The van der Waals surface area contributed by atoms with Crippen molar-refractivity contribution in [3.8, 4) is 0 Å². The van der Waals surface area contributed by atoms with Crippen molar-refractivity contribution in [1.29, 1.82) is 0 Å². The van der Waals surface area contributed by atoms with Crippen LogP contribution in [0.5, 0.6) is 0 Å². The molecule has 1 N–H and O–H groups in total. The smallest absolute Gasteiger partial charge is 0.0309 e. The van der Waals surface area contributed by atoms with Crippen LogP contribution in [0.25, 0.3) is 0 Å². The van der Waals surface area contributed by atoms with Crippen molar-refractivity contribution < 1.29 is 0 Å². The summed E-state index contributed by atoms with van der Waals surface area (Å²) < 4.78 is 0. The predicted octanol–water partition coefficient (Wildman–Crippen LogP) is 2.72. The molecule has 1 aliphatic heterocycles. The van der Waals surface area contributed by atoms with Crippen LogP contribution in [0.1, 0.15) is 39.2 Å². The van der Waals surface area contributed by atoms with Crippen LogP contribution in [0, 0.1) is 11.8 Å². The van der Waals surface area contributed by atoms with Gasteiger partial charge in [-0.1, -0.05) is 13.8 Å². The van der Waals surface area contributed by atoms with Gasteiger partial charge in [-0.15, -0.1) is 0 Å². The van der Waals surface area contributed by atoms with E-state index in [1.807, 2.05) is 12.4 Å². The fourth-order valence-corrected chi connectivity index (χ4v) is 3.78. The number of nitrogens with one attached hydrogen (secondary N) is 1. The third kappa shape index (κ3) is 3.46. The van der Waals surface area contributed by atoms with Crippen LogP contribution >= 0.6 is 0 Å². The Labute approximate surface area is 129 Å². The molecule has 3 nitrogen and oxygen atoms in total. The Morgan fingerprint density at radius 1 is 1.33 bits per heavy atom. The lowest BCUT2D eigenvalue weighted by Crippen LogP contribution is -2.65. The first-order chi connectivity index (χ1) is 10.1. The molecule has 2 heterocycles. The fraction of sp³-hybridized carbons (Fsp3) is 0.722. The number of aromatic nitrogens is 1. The van der Waals surface area contributed by atoms with Crippen molar-refractivity contribution in [2.45, 2.75) is 51.6 Å². The van der Waals surface area contributed by atoms with E-state index in [4.69, 9.17) is 0 Å². The number of hydrogen-bond donors (Lipinski definition) is 1. The summed E-state index contributed by atoms with van der Waals surface area (Å²) in [4.78, 5) is 6.85. The average Bonchev–Trinajstić information content (AvgIpc) is 3.31. The third-order valence-electron chi connectivity index (χ3n) is 5.40. The largest absolute Gasteiger partial charge is 0.308 e. The summed E-state index contributed by atoms with van der Waals surface area (Å²) in [5, 5.41) is 3.87. The monoisotopic (exact) mass is 287 g/mol. The zero-order chi connectivity index (χ0) is 14.9. The summed E-state index contributed by atoms with van der Waals surface area (Å²) in [5.74, 6) is 1.60. The predicted molar refractivity (Wildman–Crippen MR) is 87.3 cm³/mol. The Hall–Kier alpha value is -0.930. The summed E-state index contributed by atoms with van der Waals surface area (Å²) in [5.41, 5.74) is 1.74. The van der Waals surface area contributed by atoms with Crippen LogP contribution in [0.15, 0.2) is 24.5 Å². The minimum Gasteiger partial charge on any atom is -0.308 e. The number of nitrogens with zero attached hydrogens (tertiary/aromatic N) is 2. The molecule has 2 unspecified atom stereocenters. The van der Waals surface area contributed by atoms with Crippen LogP contribution in [0.3, 0.4) is 0 Å². The van der Waals surface area contributed by atoms with Gasteiger partial charge in [0.15, 0.2) is 0 Å². The molecule has 0 spiro atoms. The minimum atomic E-state index is 0.337. The fourth-order valence-electron chi connectivity index (χ4n) is 3.78. The highest BCUT2D eigenvalue weighted by Gasteiger charge is 2.46. The summed E-state index contributed by atoms with van der Waals surface area (Å²) in [6.45, 7) is 10.6. The van der Waals surface area contributed by atoms with E-state index in [0.717, 1.165) is 25.4 Å². The first-order valence-electron chi connectivity index (χ1n) is 8.46. The van der Waals surface area contributed by atoms with Gasteiger partial charge in [-0.25, -0.2) is 0 Å². The zero-order valence-corrected chi connectivity index (χ0v) is 13.7. The summed E-state index contributed by atoms with van der Waals surface area (Å²) in [6, 6.07) is 4.96. The van der Waals surface area contributed by atoms with Crippen LogP contribution in [-0.4, -0.2) is 41.1 Å². The maximum Gasteiger partial charge on any atom is 0.0309 e. The molecule has 2 aliphatic rings. The number of rotatable bonds is 5. The molecule has 1 aromatic heterocycles. The molecule has 116 valence electrons. The van der Waals surface area contributed by atoms with Crippen LogP contribution in [-0.2, 0) is 6.42 Å². The second-order valence-corrected chi connectivity index (χ2v) is 7.46. The SMILES string of the molecule is CC(C)C1CNC(C)(C2CC2)CN1CCc1ccncc1. The molecule has 0 aromatic carbocycles. The minimum absolute atomic E-state index is 0.337. The molecule has 0 bridgehead atoms. The quantitative estimate of drug-likeness (QED) is 0.902. The standard InChI is InChI=1S/C18H29N3/c1-14(2)17-12-20-18(3,16-4-5-16)13-21(17)11-8-15-6-9-19-10-7-15/h6-7,9-10,14,16-17,20H,4-5,8,11-13H2,1-3H3. The highest BCUT2D eigenvalue weighted by Crippen LogP contribution is 2.41. The van der Waals surface area contributed by atoms with E-state index in [2.05, 4.69) is 48.1 Å². The molecule has 3 rings (SSSR count). The van der Waals surface area contributed by atoms with E-state index in [1.54, 1.807) is 0 Å². The van der Waals surface area contributed by atoms with Gasteiger partial charge in [0.25, 0.3) is 0 Å². The lowest BCUT2D eigenvalue weighted by atomic mass is 9.88. The Morgan fingerprint density at radius 3 is 2.67 bits per heavy atom. The van der Waals surface area contributed by atoms with Gasteiger partial charge in [-0.3, -0.25) is 9.88 Å². The molecule has 1 saturated carbocycles. The Kier molecular flexibility index (Phi) is 4.32. The van der Waals surface area contributed by atoms with Gasteiger partial charge in [0.2, 0.25) is 0 Å². The average molecular weight is 287 g/mol. The first kappa shape index (κ1) is 15.0. The second kappa shape index (κ2) is 6.05. The normalized spacial score (nSPS) is 30.8. The maximum atomic E-state index is 4.11. The summed E-state index contributed by atoms with van der Waals surface area (Å²) in [7, 11) is 0. The lowest BCUT2D eigenvalue weighted by Gasteiger charge is -2.48. The van der Waals surface area contributed by atoms with Crippen LogP contribution in [0.2, 0.25) is 0 Å². The van der Waals surface area contributed by atoms with E-state index in [0.29, 0.717) is 17.5 Å². The summed E-state index contributed by atoms with van der Waals surface area (Å²) >= 11 is 0. The number of piperazine rings is 1. The number of hydrogen-bond acceptors (Lipinski definition) is 3. The van der Waals surface area contributed by atoms with Crippen LogP contribution in [0.4, 0.5) is 0 Å². The topological polar surface area (TPSA) is 28.2 Å². The van der Waals surface area contributed by atoms with E-state index in [-0.39, 0.29) is 0 Å². The van der Waals surface area contributed by atoms with Gasteiger partial charge in [0, 0.05) is 43.6 Å². The molecule has 1 saturated heterocycles. The highest BCUT2D eigenvalue weighted by molar-refractivity contribution is 5.11. The van der Waals surface area contributed by atoms with Gasteiger partial charge >= 0.3 is 0 Å². The third-order valence-corrected chi connectivity index (χ3v) is 5.40. The van der Waals surface area contributed by atoms with E-state index < -0.39 is 0 Å². The zero-order valence-electron chi connectivity index (χ0n) is 13.7. The Balaban J connectivity index is 1.65. The molecular formula is C18H29N3. The van der Waals surface area contributed by atoms with Crippen molar-refractivity contribution in [2.75, 3.05) is 19.6 Å². The molecule has 0 amide bonds. The molecule has 2 atom stereocenters. The lowest BCUT2D eigenvalue weighted by molar-refractivity contribution is 0.0534. The summed E-state index contributed by atoms with van der Waals surface area (Å²) in [6.07, 6.45) is 7.76. The van der Waals surface area contributed by atoms with E-state index in [1.165, 1.54) is 24.9 Å². The van der Waals surface area contributed by atoms with Crippen molar-refractivity contribution in [3.63, 3.8) is 0 Å². The molecule has 2 fully saturated rings. The van der Waals surface area contributed by atoms with Crippen molar-refractivity contribution in [2.24, 2.45) is 11.8 Å². The van der Waals surface area contributed by atoms with E-state index in [9.17, 15) is 0 Å². The Bertz CT molecular complexity index is 455. The Morgan fingerprint density at radius 2 is 2.05 bits per heavy atom. The van der Waals surface area contributed by atoms with Gasteiger partial charge in [0.05, 0.1) is 0 Å². The molecular weight excluding hydrogens is 258 g/mol. The van der Waals surface area contributed by atoms with Crippen molar-refractivity contribution in [1.82, 2.24) is 15.2 Å². The van der Waals surface area contributed by atoms with Gasteiger partial charge < -0.3 is 5.32 Å². The second-order valence-electron chi connectivity index (χ2n) is 7.46. The van der Waals surface area contributed by atoms with E-state index >= 15 is 0 Å². The van der Waals surface area contributed by atoms with Crippen molar-refractivity contribution >= 4 is 0 Å². The molecule has 3 heteroatoms. The van der Waals surface area contributed by atoms with Gasteiger partial charge in [-0.05, 0) is 55.7 Å². The highest BCUT2D eigenvalue weighted by atomic mass is 15.3. The van der Waals surface area contributed by atoms with Crippen molar-refractivity contribution in [3.05, 3.63) is 30.1 Å². The maximum absolute atomic E-state index is 4.11. The van der Waals surface area contributed by atoms with Gasteiger partial charge in [-0.2, -0.15) is 0 Å². The van der Waals surface area contributed by atoms with Gasteiger partial charge in [0.1, 0.15) is 0 Å².